The third kappa shape index (κ3) is 3.58. The molecule has 1 aromatic rings. The molecule has 0 saturated carbocycles. The average molecular weight is 280 g/mol. The highest BCUT2D eigenvalue weighted by atomic mass is 16.3. The standard InChI is InChI=1S/C13H20N4O3/c1-17(2)10(11-4-3-5-20-11)7-16-13(19)9-6-15-12(18)8-14-9/h3-5,9-10,14H,6-8H2,1-2H3,(H,15,18)(H,16,19). The number of likely N-dealkylation sites (N-methyl/N-ethyl adjacent to an activating group) is 1. The van der Waals surface area contributed by atoms with Gasteiger partial charge in [-0.15, -0.1) is 0 Å². The Labute approximate surface area is 117 Å². The Kier molecular flexibility index (Phi) is 4.75. The maximum Gasteiger partial charge on any atom is 0.239 e. The lowest BCUT2D eigenvalue weighted by Gasteiger charge is -2.26. The van der Waals surface area contributed by atoms with Crippen LogP contribution >= 0.6 is 0 Å². The second kappa shape index (κ2) is 6.53. The number of nitrogens with one attached hydrogen (secondary N) is 3. The van der Waals surface area contributed by atoms with E-state index in [1.165, 1.54) is 0 Å². The van der Waals surface area contributed by atoms with Gasteiger partial charge in [-0.2, -0.15) is 0 Å². The van der Waals surface area contributed by atoms with Gasteiger partial charge in [-0.1, -0.05) is 0 Å². The van der Waals surface area contributed by atoms with Gasteiger partial charge in [-0.05, 0) is 26.2 Å². The fourth-order valence-electron chi connectivity index (χ4n) is 2.09. The predicted molar refractivity (Wildman–Crippen MR) is 72.9 cm³/mol. The second-order valence-corrected chi connectivity index (χ2v) is 4.98. The number of furan rings is 1. The first kappa shape index (κ1) is 14.5. The Morgan fingerprint density at radius 2 is 2.40 bits per heavy atom. The third-order valence-electron chi connectivity index (χ3n) is 3.29. The summed E-state index contributed by atoms with van der Waals surface area (Å²) in [7, 11) is 3.86. The van der Waals surface area contributed by atoms with Crippen LogP contribution in [0, 0.1) is 0 Å². The molecule has 20 heavy (non-hydrogen) atoms. The van der Waals surface area contributed by atoms with Crippen molar-refractivity contribution < 1.29 is 14.0 Å². The molecule has 2 rings (SSSR count). The molecule has 1 fully saturated rings. The van der Waals surface area contributed by atoms with Crippen LogP contribution in [-0.2, 0) is 9.59 Å². The van der Waals surface area contributed by atoms with Gasteiger partial charge in [0.25, 0.3) is 0 Å². The number of piperazine rings is 1. The van der Waals surface area contributed by atoms with E-state index in [4.69, 9.17) is 4.42 Å². The number of carbonyl (C=O) groups excluding carboxylic acids is 2. The van der Waals surface area contributed by atoms with E-state index in [-0.39, 0.29) is 30.4 Å². The summed E-state index contributed by atoms with van der Waals surface area (Å²) in [6.07, 6.45) is 1.62. The predicted octanol–water partition coefficient (Wildman–Crippen LogP) is -0.913. The zero-order valence-corrected chi connectivity index (χ0v) is 11.7. The van der Waals surface area contributed by atoms with Crippen LogP contribution in [0.15, 0.2) is 22.8 Å². The molecular weight excluding hydrogens is 260 g/mol. The highest BCUT2D eigenvalue weighted by Crippen LogP contribution is 2.17. The van der Waals surface area contributed by atoms with Gasteiger partial charge < -0.3 is 15.1 Å². The zero-order chi connectivity index (χ0) is 14.5. The number of hydrogen-bond acceptors (Lipinski definition) is 5. The van der Waals surface area contributed by atoms with E-state index in [1.807, 2.05) is 31.1 Å². The number of rotatable bonds is 5. The quantitative estimate of drug-likeness (QED) is 0.650. The fourth-order valence-corrected chi connectivity index (χ4v) is 2.09. The summed E-state index contributed by atoms with van der Waals surface area (Å²) >= 11 is 0. The van der Waals surface area contributed by atoms with Gasteiger partial charge in [0, 0.05) is 13.1 Å². The van der Waals surface area contributed by atoms with Crippen molar-refractivity contribution in [3.05, 3.63) is 24.2 Å². The molecule has 0 radical (unpaired) electrons. The molecule has 2 atom stereocenters. The van der Waals surface area contributed by atoms with E-state index >= 15 is 0 Å². The van der Waals surface area contributed by atoms with Crippen molar-refractivity contribution in [3.63, 3.8) is 0 Å². The lowest BCUT2D eigenvalue weighted by Crippen LogP contribution is -2.58. The largest absolute Gasteiger partial charge is 0.468 e. The normalized spacial score (nSPS) is 20.6. The molecule has 1 aliphatic heterocycles. The SMILES string of the molecule is CN(C)C(CNC(=O)C1CNC(=O)CN1)c1ccco1. The van der Waals surface area contributed by atoms with Crippen molar-refractivity contribution in [2.75, 3.05) is 33.7 Å². The molecule has 7 nitrogen and oxygen atoms in total. The number of hydrogen-bond donors (Lipinski definition) is 3. The van der Waals surface area contributed by atoms with Gasteiger partial charge >= 0.3 is 0 Å². The van der Waals surface area contributed by atoms with Crippen molar-refractivity contribution in [2.24, 2.45) is 0 Å². The Bertz CT molecular complexity index is 448. The van der Waals surface area contributed by atoms with Crippen LogP contribution in [0.4, 0.5) is 0 Å². The van der Waals surface area contributed by atoms with E-state index < -0.39 is 0 Å². The van der Waals surface area contributed by atoms with Crippen LogP contribution < -0.4 is 16.0 Å². The van der Waals surface area contributed by atoms with Gasteiger partial charge in [0.05, 0.1) is 18.8 Å². The van der Waals surface area contributed by atoms with Crippen molar-refractivity contribution >= 4 is 11.8 Å². The fraction of sp³-hybridized carbons (Fsp3) is 0.538. The van der Waals surface area contributed by atoms with Crippen molar-refractivity contribution in [2.45, 2.75) is 12.1 Å². The molecule has 2 unspecified atom stereocenters. The van der Waals surface area contributed by atoms with Crippen LogP contribution in [-0.4, -0.2) is 56.5 Å². The number of nitrogens with zero attached hydrogens (tertiary/aromatic N) is 1. The Hall–Kier alpha value is -1.86. The minimum Gasteiger partial charge on any atom is -0.468 e. The summed E-state index contributed by atoms with van der Waals surface area (Å²) in [5, 5.41) is 8.44. The summed E-state index contributed by atoms with van der Waals surface area (Å²) in [6.45, 7) is 0.941. The van der Waals surface area contributed by atoms with E-state index in [9.17, 15) is 9.59 Å². The Morgan fingerprint density at radius 3 is 2.95 bits per heavy atom. The molecular formula is C13H20N4O3. The molecule has 2 heterocycles. The maximum atomic E-state index is 12.0. The monoisotopic (exact) mass is 280 g/mol. The maximum absolute atomic E-state index is 12.0. The van der Waals surface area contributed by atoms with E-state index in [2.05, 4.69) is 16.0 Å². The van der Waals surface area contributed by atoms with Gasteiger partial charge in [0.15, 0.2) is 0 Å². The van der Waals surface area contributed by atoms with Gasteiger partial charge in [-0.3, -0.25) is 19.8 Å². The first-order valence-electron chi connectivity index (χ1n) is 6.55. The summed E-state index contributed by atoms with van der Waals surface area (Å²) in [6, 6.07) is 3.31. The summed E-state index contributed by atoms with van der Waals surface area (Å²) in [5.74, 6) is 0.597. The van der Waals surface area contributed by atoms with Gasteiger partial charge in [0.1, 0.15) is 11.8 Å². The third-order valence-corrected chi connectivity index (χ3v) is 3.29. The van der Waals surface area contributed by atoms with Crippen molar-refractivity contribution in [1.29, 1.82) is 0 Å². The molecule has 0 aliphatic carbocycles. The first-order chi connectivity index (χ1) is 9.58. The zero-order valence-electron chi connectivity index (χ0n) is 11.7. The minimum absolute atomic E-state index is 0.0212. The van der Waals surface area contributed by atoms with E-state index in [0.29, 0.717) is 13.1 Å². The summed E-state index contributed by atoms with van der Waals surface area (Å²) in [5.41, 5.74) is 0. The summed E-state index contributed by atoms with van der Waals surface area (Å²) in [4.78, 5) is 25.0. The van der Waals surface area contributed by atoms with Gasteiger partial charge in [0.2, 0.25) is 11.8 Å². The molecule has 0 aromatic carbocycles. The molecule has 7 heteroatoms. The molecule has 1 aromatic heterocycles. The van der Waals surface area contributed by atoms with E-state index in [1.54, 1.807) is 6.26 Å². The molecule has 1 saturated heterocycles. The molecule has 0 bridgehead atoms. The summed E-state index contributed by atoms with van der Waals surface area (Å²) < 4.78 is 5.38. The number of carbonyl (C=O) groups is 2. The smallest absolute Gasteiger partial charge is 0.239 e. The molecule has 1 aliphatic rings. The topological polar surface area (TPSA) is 86.6 Å². The van der Waals surface area contributed by atoms with Crippen LogP contribution in [0.1, 0.15) is 11.8 Å². The lowest BCUT2D eigenvalue weighted by molar-refractivity contribution is -0.126. The lowest BCUT2D eigenvalue weighted by atomic mass is 10.2. The second-order valence-electron chi connectivity index (χ2n) is 4.98. The highest BCUT2D eigenvalue weighted by Gasteiger charge is 2.25. The molecule has 0 spiro atoms. The highest BCUT2D eigenvalue weighted by molar-refractivity contribution is 5.86. The number of amides is 2. The van der Waals surface area contributed by atoms with E-state index in [0.717, 1.165) is 5.76 Å². The Balaban J connectivity index is 1.86. The molecule has 3 N–H and O–H groups in total. The van der Waals surface area contributed by atoms with Crippen LogP contribution in [0.5, 0.6) is 0 Å². The van der Waals surface area contributed by atoms with Crippen molar-refractivity contribution in [1.82, 2.24) is 20.9 Å². The average Bonchev–Trinajstić information content (AvgIpc) is 2.93. The Morgan fingerprint density at radius 1 is 1.60 bits per heavy atom. The first-order valence-corrected chi connectivity index (χ1v) is 6.55. The van der Waals surface area contributed by atoms with Gasteiger partial charge in [-0.25, -0.2) is 0 Å². The van der Waals surface area contributed by atoms with Crippen LogP contribution in [0.3, 0.4) is 0 Å². The van der Waals surface area contributed by atoms with Crippen molar-refractivity contribution in [3.8, 4) is 0 Å². The van der Waals surface area contributed by atoms with Crippen LogP contribution in [0.2, 0.25) is 0 Å². The van der Waals surface area contributed by atoms with Crippen LogP contribution in [0.25, 0.3) is 0 Å². The molecule has 110 valence electrons. The minimum atomic E-state index is -0.382. The molecule has 2 amide bonds.